The van der Waals surface area contributed by atoms with E-state index in [-0.39, 0.29) is 0 Å². The standard InChI is InChI=1S/3C4H10N.Ta/c3*1-3-5-4-2;/h3*3-4H2,1-2H3;/q3*-1;+3. The Morgan fingerprint density at radius 3 is 0.812 bits per heavy atom. The molecular formula is C12H30N3Ta. The third kappa shape index (κ3) is 4.47. The molecule has 0 aliphatic carbocycles. The Labute approximate surface area is 110 Å². The Morgan fingerprint density at radius 1 is 0.500 bits per heavy atom. The molecule has 0 amide bonds. The Bertz CT molecular complexity index is 126. The SMILES string of the molecule is CC[N](CC)[Ta]([N](CC)CC)[N](CC)CC. The van der Waals surface area contributed by atoms with Crippen LogP contribution in [0.25, 0.3) is 0 Å². The molecule has 0 aliphatic rings. The Kier molecular flexibility index (Phi) is 10.0. The molecule has 0 heterocycles. The van der Waals surface area contributed by atoms with Crippen molar-refractivity contribution in [2.75, 3.05) is 39.3 Å². The van der Waals surface area contributed by atoms with Gasteiger partial charge in [-0.05, 0) is 0 Å². The minimum atomic E-state index is -1.80. The predicted molar refractivity (Wildman–Crippen MR) is 68.8 cm³/mol. The second-order valence-corrected chi connectivity index (χ2v) is 11.7. The number of hydrogen-bond donors (Lipinski definition) is 0. The van der Waals surface area contributed by atoms with Crippen LogP contribution in [0, 0.1) is 0 Å². The molecule has 4 heteroatoms. The summed E-state index contributed by atoms with van der Waals surface area (Å²) in [6.45, 7) is 21.1. The zero-order valence-corrected chi connectivity index (χ0v) is 15.2. The average molecular weight is 397 g/mol. The van der Waals surface area contributed by atoms with Crippen molar-refractivity contribution in [2.24, 2.45) is 0 Å². The van der Waals surface area contributed by atoms with E-state index < -0.39 is 19.2 Å². The molecule has 0 unspecified atom stereocenters. The van der Waals surface area contributed by atoms with Crippen LogP contribution in [0.5, 0.6) is 0 Å². The summed E-state index contributed by atoms with van der Waals surface area (Å²) in [6, 6.07) is 0. The fraction of sp³-hybridized carbons (Fsp3) is 1.00. The first-order valence-electron chi connectivity index (χ1n) is 6.74. The molecule has 0 aromatic heterocycles. The molecule has 0 radical (unpaired) electrons. The van der Waals surface area contributed by atoms with Crippen molar-refractivity contribution in [1.29, 1.82) is 0 Å². The topological polar surface area (TPSA) is 9.72 Å². The summed E-state index contributed by atoms with van der Waals surface area (Å²) in [4.78, 5) is 0. The van der Waals surface area contributed by atoms with E-state index in [2.05, 4.69) is 51.5 Å². The van der Waals surface area contributed by atoms with Crippen LogP contribution in [-0.2, 0) is 19.2 Å². The molecule has 0 atom stereocenters. The number of rotatable bonds is 9. The molecule has 0 saturated heterocycles. The summed E-state index contributed by atoms with van der Waals surface area (Å²) in [5.41, 5.74) is 0. The van der Waals surface area contributed by atoms with Crippen LogP contribution in [0.2, 0.25) is 0 Å². The van der Waals surface area contributed by atoms with Gasteiger partial charge in [-0.1, -0.05) is 0 Å². The van der Waals surface area contributed by atoms with Crippen LogP contribution in [0.3, 0.4) is 0 Å². The minimum absolute atomic E-state index is 1.21. The molecule has 0 saturated carbocycles. The van der Waals surface area contributed by atoms with Gasteiger partial charge in [0.1, 0.15) is 0 Å². The summed E-state index contributed by atoms with van der Waals surface area (Å²) >= 11 is -1.80. The number of hydrogen-bond acceptors (Lipinski definition) is 3. The summed E-state index contributed by atoms with van der Waals surface area (Å²) in [5.74, 6) is 0. The Morgan fingerprint density at radius 2 is 0.688 bits per heavy atom. The molecule has 0 rings (SSSR count). The van der Waals surface area contributed by atoms with Gasteiger partial charge in [-0.2, -0.15) is 0 Å². The first kappa shape index (κ1) is 16.6. The summed E-state index contributed by atoms with van der Waals surface area (Å²) in [6.07, 6.45) is 0. The van der Waals surface area contributed by atoms with E-state index in [9.17, 15) is 0 Å². The molecule has 98 valence electrons. The van der Waals surface area contributed by atoms with Crippen LogP contribution in [-0.4, -0.2) is 49.2 Å². The third-order valence-electron chi connectivity index (χ3n) is 2.95. The second-order valence-electron chi connectivity index (χ2n) is 3.69. The first-order valence-corrected chi connectivity index (χ1v) is 11.1. The van der Waals surface area contributed by atoms with Gasteiger partial charge in [-0.15, -0.1) is 0 Å². The molecule has 0 aliphatic heterocycles. The molecule has 0 aromatic rings. The zero-order valence-electron chi connectivity index (χ0n) is 12.0. The Hall–Kier alpha value is 0.620. The fourth-order valence-corrected chi connectivity index (χ4v) is 11.3. The van der Waals surface area contributed by atoms with Gasteiger partial charge in [0, 0.05) is 0 Å². The first-order chi connectivity index (χ1) is 7.69. The van der Waals surface area contributed by atoms with Crippen molar-refractivity contribution >= 4 is 0 Å². The van der Waals surface area contributed by atoms with Crippen LogP contribution >= 0.6 is 0 Å². The van der Waals surface area contributed by atoms with Gasteiger partial charge < -0.3 is 0 Å². The van der Waals surface area contributed by atoms with Crippen molar-refractivity contribution in [2.45, 2.75) is 41.5 Å². The van der Waals surface area contributed by atoms with Gasteiger partial charge >= 0.3 is 110 Å². The average Bonchev–Trinajstić information content (AvgIpc) is 2.33. The van der Waals surface area contributed by atoms with Crippen molar-refractivity contribution in [3.05, 3.63) is 0 Å². The monoisotopic (exact) mass is 397 g/mol. The molecule has 3 nitrogen and oxygen atoms in total. The van der Waals surface area contributed by atoms with Gasteiger partial charge in [0.2, 0.25) is 0 Å². The van der Waals surface area contributed by atoms with E-state index in [0.717, 1.165) is 0 Å². The maximum absolute atomic E-state index is 2.75. The van der Waals surface area contributed by atoms with Crippen molar-refractivity contribution in [3.8, 4) is 0 Å². The van der Waals surface area contributed by atoms with Crippen LogP contribution in [0.15, 0.2) is 0 Å². The van der Waals surface area contributed by atoms with E-state index in [1.807, 2.05) is 0 Å². The van der Waals surface area contributed by atoms with E-state index in [1.165, 1.54) is 39.3 Å². The van der Waals surface area contributed by atoms with Crippen molar-refractivity contribution in [1.82, 2.24) is 9.91 Å². The van der Waals surface area contributed by atoms with Gasteiger partial charge in [-0.3, -0.25) is 0 Å². The molecule has 16 heavy (non-hydrogen) atoms. The van der Waals surface area contributed by atoms with Crippen molar-refractivity contribution in [3.63, 3.8) is 0 Å². The van der Waals surface area contributed by atoms with E-state index in [0.29, 0.717) is 0 Å². The normalized spacial score (nSPS) is 12.4. The van der Waals surface area contributed by atoms with Crippen LogP contribution in [0.1, 0.15) is 41.5 Å². The quantitative estimate of drug-likeness (QED) is 0.592. The van der Waals surface area contributed by atoms with E-state index >= 15 is 0 Å². The predicted octanol–water partition coefficient (Wildman–Crippen LogP) is 2.38. The molecule has 0 N–H and O–H groups in total. The molecular weight excluding hydrogens is 367 g/mol. The third-order valence-corrected chi connectivity index (χ3v) is 14.5. The molecule has 0 bridgehead atoms. The second kappa shape index (κ2) is 9.63. The van der Waals surface area contributed by atoms with E-state index in [4.69, 9.17) is 0 Å². The van der Waals surface area contributed by atoms with Crippen LogP contribution in [0.4, 0.5) is 0 Å². The molecule has 0 aromatic carbocycles. The van der Waals surface area contributed by atoms with Gasteiger partial charge in [-0.25, -0.2) is 0 Å². The number of nitrogens with zero attached hydrogens (tertiary/aromatic N) is 3. The summed E-state index contributed by atoms with van der Waals surface area (Å²) in [7, 11) is 0. The van der Waals surface area contributed by atoms with Gasteiger partial charge in [0.25, 0.3) is 0 Å². The molecule has 0 spiro atoms. The molecule has 0 fully saturated rings. The van der Waals surface area contributed by atoms with Gasteiger partial charge in [0.05, 0.1) is 0 Å². The summed E-state index contributed by atoms with van der Waals surface area (Å²) in [5, 5.41) is 0. The fourth-order valence-electron chi connectivity index (χ4n) is 1.97. The summed E-state index contributed by atoms with van der Waals surface area (Å²) < 4.78 is 8.24. The van der Waals surface area contributed by atoms with Crippen LogP contribution < -0.4 is 0 Å². The van der Waals surface area contributed by atoms with E-state index in [1.54, 1.807) is 0 Å². The van der Waals surface area contributed by atoms with Crippen molar-refractivity contribution < 1.29 is 19.2 Å². The maximum atomic E-state index is 2.75. The Balaban J connectivity index is 4.84. The zero-order chi connectivity index (χ0) is 12.6. The van der Waals surface area contributed by atoms with Gasteiger partial charge in [0.15, 0.2) is 0 Å².